The van der Waals surface area contributed by atoms with Crippen molar-refractivity contribution in [3.8, 4) is 0 Å². The highest BCUT2D eigenvalue weighted by Crippen LogP contribution is 2.38. The second kappa shape index (κ2) is 9.88. The fourth-order valence-corrected chi connectivity index (χ4v) is 6.14. The Morgan fingerprint density at radius 3 is 2.71 bits per heavy atom. The Kier molecular flexibility index (Phi) is 6.87. The average molecular weight is 504 g/mol. The van der Waals surface area contributed by atoms with Gasteiger partial charge in [-0.15, -0.1) is 0 Å². The molecule has 1 aliphatic carbocycles. The van der Waals surface area contributed by atoms with Gasteiger partial charge < -0.3 is 20.2 Å². The molecule has 2 aliphatic heterocycles. The molecule has 0 bridgehead atoms. The van der Waals surface area contributed by atoms with Crippen molar-refractivity contribution in [2.75, 3.05) is 36.4 Å². The first kappa shape index (κ1) is 23.6. The van der Waals surface area contributed by atoms with Gasteiger partial charge in [0, 0.05) is 35.7 Å². The summed E-state index contributed by atoms with van der Waals surface area (Å²) < 4.78 is 0. The summed E-state index contributed by atoms with van der Waals surface area (Å²) in [6, 6.07) is 5.95. The highest BCUT2D eigenvalue weighted by Gasteiger charge is 2.42. The molecule has 0 amide bonds. The minimum absolute atomic E-state index is 0.0288. The predicted molar refractivity (Wildman–Crippen MR) is 135 cm³/mol. The quantitative estimate of drug-likeness (QED) is 0.551. The average Bonchev–Trinajstić information content (AvgIpc) is 2.72. The summed E-state index contributed by atoms with van der Waals surface area (Å²) in [5, 5.41) is 13.8. The number of anilines is 2. The molecule has 34 heavy (non-hydrogen) atoms. The smallest absolute Gasteiger partial charge is 0.306 e. The molecule has 0 unspecified atom stereocenters. The Balaban J connectivity index is 1.14. The SMILES string of the molecule is C[C@@H](Nc1cncc(N2CC([C@@H]3CCCN(C4CC(C(=O)O)C4)C3)C2)n1)c1ccc(Cl)cc1Cl. The van der Waals surface area contributed by atoms with Gasteiger partial charge in [-0.25, -0.2) is 4.98 Å². The molecule has 1 aromatic carbocycles. The van der Waals surface area contributed by atoms with E-state index in [0.717, 1.165) is 56.2 Å². The van der Waals surface area contributed by atoms with Crippen LogP contribution in [0.3, 0.4) is 0 Å². The Bertz CT molecular complexity index is 1040. The standard InChI is InChI=1S/C25H31Cl2N5O2/c1-15(21-5-4-19(26)9-22(21)27)29-23-10-28-11-24(30-23)32-13-18(14-32)16-3-2-6-31(12-16)20-7-17(8-20)25(33)34/h4-5,9-11,15-18,20H,2-3,6-8,12-14H2,1H3,(H,29,30)(H,33,34)/t15-,16-,17?,20?/m1/s1. The third-order valence-corrected chi connectivity index (χ3v) is 8.35. The molecule has 3 aliphatic rings. The molecule has 0 spiro atoms. The topological polar surface area (TPSA) is 81.6 Å². The van der Waals surface area contributed by atoms with Crippen molar-refractivity contribution >= 4 is 40.8 Å². The van der Waals surface area contributed by atoms with Crippen LogP contribution in [0.4, 0.5) is 11.6 Å². The van der Waals surface area contributed by atoms with Crippen LogP contribution in [0, 0.1) is 17.8 Å². The van der Waals surface area contributed by atoms with E-state index in [2.05, 4.69) is 20.1 Å². The highest BCUT2D eigenvalue weighted by molar-refractivity contribution is 6.35. The number of carboxylic acids is 1. The molecule has 1 aromatic heterocycles. The zero-order valence-corrected chi connectivity index (χ0v) is 20.8. The van der Waals surface area contributed by atoms with E-state index in [0.29, 0.717) is 27.9 Å². The van der Waals surface area contributed by atoms with Gasteiger partial charge in [-0.3, -0.25) is 9.78 Å². The number of carbonyl (C=O) groups is 1. The molecule has 0 radical (unpaired) electrons. The number of nitrogens with one attached hydrogen (secondary N) is 1. The van der Waals surface area contributed by atoms with Crippen molar-refractivity contribution in [2.24, 2.45) is 17.8 Å². The lowest BCUT2D eigenvalue weighted by atomic mass is 9.76. The first-order chi connectivity index (χ1) is 16.4. The van der Waals surface area contributed by atoms with E-state index in [-0.39, 0.29) is 12.0 Å². The lowest BCUT2D eigenvalue weighted by Crippen LogP contribution is -2.56. The third-order valence-electron chi connectivity index (χ3n) is 7.78. The second-order valence-electron chi connectivity index (χ2n) is 10.0. The van der Waals surface area contributed by atoms with Gasteiger partial charge in [0.15, 0.2) is 0 Å². The summed E-state index contributed by atoms with van der Waals surface area (Å²) in [6.45, 7) is 6.25. The van der Waals surface area contributed by atoms with E-state index >= 15 is 0 Å². The predicted octanol–water partition coefficient (Wildman–Crippen LogP) is 4.97. The van der Waals surface area contributed by atoms with Gasteiger partial charge in [-0.2, -0.15) is 0 Å². The molecule has 2 atom stereocenters. The van der Waals surface area contributed by atoms with Gasteiger partial charge in [0.05, 0.1) is 24.4 Å². The first-order valence-electron chi connectivity index (χ1n) is 12.1. The molecule has 3 fully saturated rings. The number of likely N-dealkylation sites (tertiary alicyclic amines) is 1. The highest BCUT2D eigenvalue weighted by atomic mass is 35.5. The Hall–Kier alpha value is -2.09. The maximum absolute atomic E-state index is 11.1. The molecular weight excluding hydrogens is 473 g/mol. The minimum Gasteiger partial charge on any atom is -0.481 e. The summed E-state index contributed by atoms with van der Waals surface area (Å²) in [5.41, 5.74) is 0.963. The van der Waals surface area contributed by atoms with Gasteiger partial charge in [-0.05, 0) is 68.7 Å². The molecule has 3 heterocycles. The van der Waals surface area contributed by atoms with Crippen molar-refractivity contribution in [3.63, 3.8) is 0 Å². The molecule has 5 rings (SSSR count). The first-order valence-corrected chi connectivity index (χ1v) is 12.9. The van der Waals surface area contributed by atoms with Gasteiger partial charge in [0.2, 0.25) is 0 Å². The summed E-state index contributed by atoms with van der Waals surface area (Å²) in [6.07, 6.45) is 7.66. The molecule has 2 saturated heterocycles. The van der Waals surface area contributed by atoms with E-state index in [1.807, 2.05) is 25.3 Å². The molecule has 2 aromatic rings. The van der Waals surface area contributed by atoms with E-state index in [1.165, 1.54) is 12.8 Å². The zero-order chi connectivity index (χ0) is 23.8. The number of piperidine rings is 1. The van der Waals surface area contributed by atoms with E-state index in [1.54, 1.807) is 12.3 Å². The van der Waals surface area contributed by atoms with Crippen LogP contribution in [0.1, 0.15) is 44.2 Å². The van der Waals surface area contributed by atoms with Crippen molar-refractivity contribution in [3.05, 3.63) is 46.2 Å². The maximum Gasteiger partial charge on any atom is 0.306 e. The van der Waals surface area contributed by atoms with Crippen molar-refractivity contribution in [1.82, 2.24) is 14.9 Å². The summed E-state index contributed by atoms with van der Waals surface area (Å²) >= 11 is 12.4. The van der Waals surface area contributed by atoms with Gasteiger partial charge >= 0.3 is 5.97 Å². The van der Waals surface area contributed by atoms with Crippen LogP contribution in [0.25, 0.3) is 0 Å². The van der Waals surface area contributed by atoms with E-state index < -0.39 is 5.97 Å². The van der Waals surface area contributed by atoms with Crippen LogP contribution >= 0.6 is 23.2 Å². The van der Waals surface area contributed by atoms with Crippen LogP contribution in [-0.4, -0.2) is 58.2 Å². The normalized spacial score (nSPS) is 26.4. The zero-order valence-electron chi connectivity index (χ0n) is 19.3. The number of nitrogens with zero attached hydrogens (tertiary/aromatic N) is 4. The minimum atomic E-state index is -0.636. The number of hydrogen-bond donors (Lipinski definition) is 2. The summed E-state index contributed by atoms with van der Waals surface area (Å²) in [7, 11) is 0. The largest absolute Gasteiger partial charge is 0.481 e. The van der Waals surface area contributed by atoms with E-state index in [4.69, 9.17) is 28.2 Å². The van der Waals surface area contributed by atoms with Gasteiger partial charge in [0.1, 0.15) is 11.6 Å². The van der Waals surface area contributed by atoms with Crippen LogP contribution < -0.4 is 10.2 Å². The molecule has 7 nitrogen and oxygen atoms in total. The number of halogens is 2. The number of aromatic nitrogens is 2. The number of aliphatic carboxylic acids is 1. The fraction of sp³-hybridized carbons (Fsp3) is 0.560. The molecule has 9 heteroatoms. The lowest BCUT2D eigenvalue weighted by molar-refractivity contribution is -0.147. The van der Waals surface area contributed by atoms with E-state index in [9.17, 15) is 9.90 Å². The summed E-state index contributed by atoms with van der Waals surface area (Å²) in [4.78, 5) is 25.2. The van der Waals surface area contributed by atoms with Crippen molar-refractivity contribution in [2.45, 2.75) is 44.7 Å². The molecule has 182 valence electrons. The van der Waals surface area contributed by atoms with Crippen LogP contribution in [0.5, 0.6) is 0 Å². The Labute approximate surface area is 210 Å². The lowest BCUT2D eigenvalue weighted by Gasteiger charge is -2.50. The van der Waals surface area contributed by atoms with Gasteiger partial charge in [0.25, 0.3) is 0 Å². The number of benzene rings is 1. The fourth-order valence-electron chi connectivity index (χ4n) is 5.57. The Morgan fingerprint density at radius 2 is 1.97 bits per heavy atom. The van der Waals surface area contributed by atoms with Crippen LogP contribution in [-0.2, 0) is 4.79 Å². The number of rotatable bonds is 7. The number of hydrogen-bond acceptors (Lipinski definition) is 6. The monoisotopic (exact) mass is 503 g/mol. The number of carboxylic acid groups (broad SMARTS) is 1. The second-order valence-corrected chi connectivity index (χ2v) is 10.9. The molecular formula is C25H31Cl2N5O2. The maximum atomic E-state index is 11.1. The molecule has 2 N–H and O–H groups in total. The van der Waals surface area contributed by atoms with Crippen molar-refractivity contribution in [1.29, 1.82) is 0 Å². The molecule has 1 saturated carbocycles. The van der Waals surface area contributed by atoms with Crippen molar-refractivity contribution < 1.29 is 9.90 Å². The van der Waals surface area contributed by atoms with Crippen LogP contribution in [0.2, 0.25) is 10.0 Å². The Morgan fingerprint density at radius 1 is 1.18 bits per heavy atom. The van der Waals surface area contributed by atoms with Gasteiger partial charge in [-0.1, -0.05) is 29.3 Å². The third kappa shape index (κ3) is 4.97. The summed E-state index contributed by atoms with van der Waals surface area (Å²) in [5.74, 6) is 2.18. The van der Waals surface area contributed by atoms with Crippen LogP contribution in [0.15, 0.2) is 30.6 Å².